The molecule has 0 radical (unpaired) electrons. The number of nitrogens with zero attached hydrogens (tertiary/aromatic N) is 1. The number of carbonyl (C=O) groups excluding carboxylic acids is 1. The van der Waals surface area contributed by atoms with E-state index in [-0.39, 0.29) is 5.91 Å². The average molecular weight is 356 g/mol. The van der Waals surface area contributed by atoms with Gasteiger partial charge in [-0.2, -0.15) is 0 Å². The Labute approximate surface area is 153 Å². The summed E-state index contributed by atoms with van der Waals surface area (Å²) in [5, 5.41) is 7.69. The van der Waals surface area contributed by atoms with Gasteiger partial charge >= 0.3 is 0 Å². The molecule has 25 heavy (non-hydrogen) atoms. The van der Waals surface area contributed by atoms with Gasteiger partial charge in [0.25, 0.3) is 5.91 Å². The third-order valence-electron chi connectivity index (χ3n) is 5.09. The van der Waals surface area contributed by atoms with Crippen LogP contribution in [0.2, 0.25) is 0 Å². The van der Waals surface area contributed by atoms with E-state index in [2.05, 4.69) is 15.5 Å². The summed E-state index contributed by atoms with van der Waals surface area (Å²) >= 11 is 1.80. The van der Waals surface area contributed by atoms with Crippen LogP contribution in [-0.4, -0.2) is 32.1 Å². The topological polar surface area (TPSA) is 44.4 Å². The second kappa shape index (κ2) is 7.58. The molecule has 0 atom stereocenters. The summed E-state index contributed by atoms with van der Waals surface area (Å²) in [7, 11) is 0. The molecule has 4 nitrogen and oxygen atoms in total. The lowest BCUT2D eigenvalue weighted by atomic mass is 10.1. The molecule has 2 aromatic rings. The summed E-state index contributed by atoms with van der Waals surface area (Å²) in [4.78, 5) is 16.6. The van der Waals surface area contributed by atoms with Crippen LogP contribution in [0.25, 0.3) is 0 Å². The predicted molar refractivity (Wildman–Crippen MR) is 105 cm³/mol. The number of aryl methyl sites for hydroxylation is 1. The molecule has 132 valence electrons. The zero-order valence-electron chi connectivity index (χ0n) is 14.5. The maximum absolute atomic E-state index is 12.7. The number of amides is 1. The third kappa shape index (κ3) is 3.58. The van der Waals surface area contributed by atoms with Crippen molar-refractivity contribution in [3.05, 3.63) is 46.3 Å². The van der Waals surface area contributed by atoms with Crippen LogP contribution in [0.5, 0.6) is 0 Å². The Balaban J connectivity index is 1.67. The van der Waals surface area contributed by atoms with Crippen LogP contribution in [0.4, 0.5) is 10.7 Å². The first-order chi connectivity index (χ1) is 12.3. The molecule has 0 unspecified atom stereocenters. The van der Waals surface area contributed by atoms with E-state index >= 15 is 0 Å². The standard InChI is InChI=1S/C20H25N3OS/c24-19(15-7-3-1-4-8-15)22-20-18(23-13-11-21-12-14-23)16-9-5-2-6-10-17(16)25-20/h1,3-4,7-8,21H,2,5-6,9-14H2,(H,22,24). The zero-order chi connectivity index (χ0) is 17.1. The number of benzene rings is 1. The lowest BCUT2D eigenvalue weighted by Crippen LogP contribution is -2.44. The van der Waals surface area contributed by atoms with Crippen LogP contribution in [0.3, 0.4) is 0 Å². The summed E-state index contributed by atoms with van der Waals surface area (Å²) in [6.45, 7) is 4.04. The van der Waals surface area contributed by atoms with Gasteiger partial charge in [0.1, 0.15) is 5.00 Å². The van der Waals surface area contributed by atoms with Gasteiger partial charge in [0.2, 0.25) is 0 Å². The molecule has 1 saturated heterocycles. The van der Waals surface area contributed by atoms with Crippen molar-refractivity contribution in [1.29, 1.82) is 0 Å². The highest BCUT2D eigenvalue weighted by Crippen LogP contribution is 2.44. The minimum atomic E-state index is -0.00612. The van der Waals surface area contributed by atoms with Crippen molar-refractivity contribution >= 4 is 27.9 Å². The number of piperazine rings is 1. The Bertz CT molecular complexity index is 735. The first-order valence-electron chi connectivity index (χ1n) is 9.29. The number of thiophene rings is 1. The third-order valence-corrected chi connectivity index (χ3v) is 6.29. The first kappa shape index (κ1) is 16.6. The molecule has 1 aromatic carbocycles. The summed E-state index contributed by atoms with van der Waals surface area (Å²) < 4.78 is 0. The fourth-order valence-corrected chi connectivity index (χ4v) is 5.11. The van der Waals surface area contributed by atoms with Gasteiger partial charge in [-0.25, -0.2) is 0 Å². The molecular formula is C20H25N3OS. The molecule has 1 aliphatic heterocycles. The van der Waals surface area contributed by atoms with Gasteiger partial charge in [0.15, 0.2) is 0 Å². The Morgan fingerprint density at radius 1 is 1.04 bits per heavy atom. The summed E-state index contributed by atoms with van der Waals surface area (Å²) in [5.74, 6) is -0.00612. The highest BCUT2D eigenvalue weighted by atomic mass is 32.1. The second-order valence-electron chi connectivity index (χ2n) is 6.80. The summed E-state index contributed by atoms with van der Waals surface area (Å²) in [6, 6.07) is 9.51. The van der Waals surface area contributed by atoms with Gasteiger partial charge in [-0.3, -0.25) is 4.79 Å². The molecule has 1 aromatic heterocycles. The van der Waals surface area contributed by atoms with Crippen LogP contribution in [0.1, 0.15) is 40.1 Å². The number of hydrogen-bond acceptors (Lipinski definition) is 4. The molecule has 1 aliphatic carbocycles. The highest BCUT2D eigenvalue weighted by molar-refractivity contribution is 7.17. The van der Waals surface area contributed by atoms with E-state index < -0.39 is 0 Å². The zero-order valence-corrected chi connectivity index (χ0v) is 15.3. The number of carbonyl (C=O) groups is 1. The molecule has 4 rings (SSSR count). The average Bonchev–Trinajstić information content (AvgIpc) is 2.83. The molecule has 1 fully saturated rings. The molecule has 0 bridgehead atoms. The van der Waals surface area contributed by atoms with Gasteiger partial charge in [-0.05, 0) is 43.4 Å². The van der Waals surface area contributed by atoms with E-state index in [1.165, 1.54) is 35.4 Å². The monoisotopic (exact) mass is 355 g/mol. The van der Waals surface area contributed by atoms with Gasteiger partial charge in [-0.15, -0.1) is 11.3 Å². The smallest absolute Gasteiger partial charge is 0.256 e. The fraction of sp³-hybridized carbons (Fsp3) is 0.450. The van der Waals surface area contributed by atoms with Crippen LogP contribution >= 0.6 is 11.3 Å². The quantitative estimate of drug-likeness (QED) is 0.826. The summed E-state index contributed by atoms with van der Waals surface area (Å²) in [5.41, 5.74) is 3.51. The predicted octanol–water partition coefficient (Wildman–Crippen LogP) is 3.68. The number of hydrogen-bond donors (Lipinski definition) is 2. The van der Waals surface area contributed by atoms with Crippen molar-refractivity contribution in [2.24, 2.45) is 0 Å². The van der Waals surface area contributed by atoms with Gasteiger partial charge in [0.05, 0.1) is 5.69 Å². The van der Waals surface area contributed by atoms with Crippen molar-refractivity contribution in [3.63, 3.8) is 0 Å². The van der Waals surface area contributed by atoms with Gasteiger partial charge in [-0.1, -0.05) is 24.6 Å². The lowest BCUT2D eigenvalue weighted by Gasteiger charge is -2.31. The first-order valence-corrected chi connectivity index (χ1v) is 10.1. The van der Waals surface area contributed by atoms with Crippen molar-refractivity contribution < 1.29 is 4.79 Å². The minimum absolute atomic E-state index is 0.00612. The van der Waals surface area contributed by atoms with E-state index in [4.69, 9.17) is 0 Å². The number of rotatable bonds is 3. The number of fused-ring (bicyclic) bond motifs is 1. The SMILES string of the molecule is O=C(Nc1sc2c(c1N1CCNCC1)CCCCC2)c1ccccc1. The van der Waals surface area contributed by atoms with Crippen molar-refractivity contribution in [2.45, 2.75) is 32.1 Å². The fourth-order valence-electron chi connectivity index (χ4n) is 3.80. The Hall–Kier alpha value is -1.85. The molecule has 0 saturated carbocycles. The van der Waals surface area contributed by atoms with Gasteiger partial charge in [0, 0.05) is 36.6 Å². The van der Waals surface area contributed by atoms with E-state index in [0.717, 1.165) is 49.6 Å². The Morgan fingerprint density at radius 3 is 2.60 bits per heavy atom. The van der Waals surface area contributed by atoms with E-state index in [9.17, 15) is 4.79 Å². The molecule has 1 amide bonds. The molecule has 0 spiro atoms. The number of anilines is 2. The lowest BCUT2D eigenvalue weighted by molar-refractivity contribution is 0.102. The Kier molecular flexibility index (Phi) is 5.04. The Morgan fingerprint density at radius 2 is 1.80 bits per heavy atom. The maximum atomic E-state index is 12.7. The van der Waals surface area contributed by atoms with Crippen LogP contribution in [0, 0.1) is 0 Å². The minimum Gasteiger partial charge on any atom is -0.366 e. The van der Waals surface area contributed by atoms with Crippen LogP contribution in [-0.2, 0) is 12.8 Å². The number of nitrogens with one attached hydrogen (secondary N) is 2. The normalized spacial score (nSPS) is 17.7. The molecule has 2 aliphatic rings. The van der Waals surface area contributed by atoms with Crippen molar-refractivity contribution in [1.82, 2.24) is 5.32 Å². The van der Waals surface area contributed by atoms with Crippen molar-refractivity contribution in [2.75, 3.05) is 36.4 Å². The maximum Gasteiger partial charge on any atom is 0.256 e. The van der Waals surface area contributed by atoms with Crippen LogP contribution < -0.4 is 15.5 Å². The highest BCUT2D eigenvalue weighted by Gasteiger charge is 2.26. The van der Waals surface area contributed by atoms with Gasteiger partial charge < -0.3 is 15.5 Å². The molecule has 2 heterocycles. The largest absolute Gasteiger partial charge is 0.366 e. The molecule has 2 N–H and O–H groups in total. The molecular weight excluding hydrogens is 330 g/mol. The van der Waals surface area contributed by atoms with E-state index in [1.807, 2.05) is 30.3 Å². The van der Waals surface area contributed by atoms with E-state index in [0.29, 0.717) is 0 Å². The molecule has 5 heteroatoms. The second-order valence-corrected chi connectivity index (χ2v) is 7.90. The van der Waals surface area contributed by atoms with E-state index in [1.54, 1.807) is 11.3 Å². The van der Waals surface area contributed by atoms with Crippen LogP contribution in [0.15, 0.2) is 30.3 Å². The van der Waals surface area contributed by atoms with Crippen molar-refractivity contribution in [3.8, 4) is 0 Å². The summed E-state index contributed by atoms with van der Waals surface area (Å²) in [6.07, 6.45) is 6.14.